The summed E-state index contributed by atoms with van der Waals surface area (Å²) in [5.41, 5.74) is 0.649. The Bertz CT molecular complexity index is 474. The van der Waals surface area contributed by atoms with Gasteiger partial charge in [0.25, 0.3) is 0 Å². The van der Waals surface area contributed by atoms with Gasteiger partial charge in [0.05, 0.1) is 6.10 Å². The molecule has 0 bridgehead atoms. The molecule has 1 aromatic rings. The molecule has 19 heavy (non-hydrogen) atoms. The molecule has 0 atom stereocenters. The van der Waals surface area contributed by atoms with Gasteiger partial charge in [-0.05, 0) is 31.1 Å². The number of carbonyl (C=O) groups is 1. The Labute approximate surface area is 122 Å². The van der Waals surface area contributed by atoms with Crippen LogP contribution in [0.25, 0.3) is 6.08 Å². The summed E-state index contributed by atoms with van der Waals surface area (Å²) in [5.74, 6) is -0.0807. The molecule has 5 heteroatoms. The standard InChI is InChI=1S/C14H15Cl2NO2/c15-12-2-1-3-13(16)11(12)4-5-14(19)17-8-6-10(18)7-9-17/h1-5,10,18H,6-9H2. The van der Waals surface area contributed by atoms with Gasteiger partial charge >= 0.3 is 0 Å². The Morgan fingerprint density at radius 2 is 1.84 bits per heavy atom. The van der Waals surface area contributed by atoms with Crippen LogP contribution in [0.4, 0.5) is 0 Å². The number of halogens is 2. The molecule has 2 rings (SSSR count). The molecule has 1 aliphatic rings. The van der Waals surface area contributed by atoms with Gasteiger partial charge in [0, 0.05) is 34.8 Å². The van der Waals surface area contributed by atoms with Gasteiger partial charge in [0.15, 0.2) is 0 Å². The zero-order valence-corrected chi connectivity index (χ0v) is 11.9. The zero-order chi connectivity index (χ0) is 13.8. The van der Waals surface area contributed by atoms with E-state index in [0.29, 0.717) is 41.5 Å². The molecule has 0 spiro atoms. The van der Waals surface area contributed by atoms with Crippen molar-refractivity contribution < 1.29 is 9.90 Å². The number of rotatable bonds is 2. The maximum absolute atomic E-state index is 12.0. The van der Waals surface area contributed by atoms with Gasteiger partial charge in [0.2, 0.25) is 5.91 Å². The fraction of sp³-hybridized carbons (Fsp3) is 0.357. The van der Waals surface area contributed by atoms with Gasteiger partial charge in [-0.3, -0.25) is 4.79 Å². The van der Waals surface area contributed by atoms with Crippen molar-refractivity contribution in [3.05, 3.63) is 39.9 Å². The van der Waals surface area contributed by atoms with Crippen molar-refractivity contribution in [1.82, 2.24) is 4.90 Å². The summed E-state index contributed by atoms with van der Waals surface area (Å²) in [6, 6.07) is 5.22. The molecule has 1 N–H and O–H groups in total. The Morgan fingerprint density at radius 3 is 2.42 bits per heavy atom. The highest BCUT2D eigenvalue weighted by Gasteiger charge is 2.19. The van der Waals surface area contributed by atoms with E-state index in [1.54, 1.807) is 29.2 Å². The van der Waals surface area contributed by atoms with Crippen LogP contribution in [0.1, 0.15) is 18.4 Å². The minimum absolute atomic E-state index is 0.0807. The van der Waals surface area contributed by atoms with Crippen LogP contribution in [0.5, 0.6) is 0 Å². The van der Waals surface area contributed by atoms with E-state index < -0.39 is 0 Å². The number of carbonyl (C=O) groups excluding carboxylic acids is 1. The molecule has 3 nitrogen and oxygen atoms in total. The molecule has 1 aromatic carbocycles. The highest BCUT2D eigenvalue weighted by molar-refractivity contribution is 6.37. The van der Waals surface area contributed by atoms with E-state index in [-0.39, 0.29) is 12.0 Å². The first kappa shape index (κ1) is 14.4. The minimum atomic E-state index is -0.286. The van der Waals surface area contributed by atoms with Crippen molar-refractivity contribution >= 4 is 35.2 Å². The number of hydrogen-bond donors (Lipinski definition) is 1. The Morgan fingerprint density at radius 1 is 1.26 bits per heavy atom. The largest absolute Gasteiger partial charge is 0.393 e. The van der Waals surface area contributed by atoms with Gasteiger partial charge in [-0.2, -0.15) is 0 Å². The molecule has 1 saturated heterocycles. The van der Waals surface area contributed by atoms with E-state index >= 15 is 0 Å². The quantitative estimate of drug-likeness (QED) is 0.853. The number of benzene rings is 1. The second-order valence-electron chi connectivity index (χ2n) is 4.53. The van der Waals surface area contributed by atoms with Crippen LogP contribution in [0.3, 0.4) is 0 Å². The van der Waals surface area contributed by atoms with E-state index in [9.17, 15) is 9.90 Å². The smallest absolute Gasteiger partial charge is 0.246 e. The molecule has 0 radical (unpaired) electrons. The molecule has 102 valence electrons. The zero-order valence-electron chi connectivity index (χ0n) is 10.4. The lowest BCUT2D eigenvalue weighted by Crippen LogP contribution is -2.39. The summed E-state index contributed by atoms with van der Waals surface area (Å²) in [6.45, 7) is 1.17. The fourth-order valence-corrected chi connectivity index (χ4v) is 2.54. The first-order chi connectivity index (χ1) is 9.08. The topological polar surface area (TPSA) is 40.5 Å². The normalized spacial score (nSPS) is 17.1. The number of piperidine rings is 1. The maximum Gasteiger partial charge on any atom is 0.246 e. The summed E-state index contributed by atoms with van der Waals surface area (Å²) < 4.78 is 0. The van der Waals surface area contributed by atoms with E-state index in [4.69, 9.17) is 23.2 Å². The molecule has 1 amide bonds. The van der Waals surface area contributed by atoms with Gasteiger partial charge in [-0.1, -0.05) is 29.3 Å². The van der Waals surface area contributed by atoms with Crippen molar-refractivity contribution in [2.45, 2.75) is 18.9 Å². The van der Waals surface area contributed by atoms with Gasteiger partial charge in [-0.25, -0.2) is 0 Å². The number of aliphatic hydroxyl groups excluding tert-OH is 1. The van der Waals surface area contributed by atoms with Crippen LogP contribution in [0, 0.1) is 0 Å². The van der Waals surface area contributed by atoms with E-state index in [0.717, 1.165) is 0 Å². The number of nitrogens with zero attached hydrogens (tertiary/aromatic N) is 1. The SMILES string of the molecule is O=C(C=Cc1c(Cl)cccc1Cl)N1CCC(O)CC1. The molecule has 1 fully saturated rings. The summed E-state index contributed by atoms with van der Waals surface area (Å²) in [5, 5.41) is 10.4. The van der Waals surface area contributed by atoms with Gasteiger partial charge in [0.1, 0.15) is 0 Å². The second-order valence-corrected chi connectivity index (χ2v) is 5.34. The van der Waals surface area contributed by atoms with Crippen molar-refractivity contribution in [2.75, 3.05) is 13.1 Å². The van der Waals surface area contributed by atoms with E-state index in [2.05, 4.69) is 0 Å². The Kier molecular flexibility index (Phi) is 4.86. The van der Waals surface area contributed by atoms with Crippen molar-refractivity contribution in [2.24, 2.45) is 0 Å². The van der Waals surface area contributed by atoms with Crippen LogP contribution in [0.15, 0.2) is 24.3 Å². The van der Waals surface area contributed by atoms with E-state index in [1.807, 2.05) is 0 Å². The third kappa shape index (κ3) is 3.72. The number of likely N-dealkylation sites (tertiary alicyclic amines) is 1. The first-order valence-electron chi connectivity index (χ1n) is 6.17. The highest BCUT2D eigenvalue weighted by atomic mass is 35.5. The highest BCUT2D eigenvalue weighted by Crippen LogP contribution is 2.25. The molecule has 0 aliphatic carbocycles. The van der Waals surface area contributed by atoms with Crippen LogP contribution in [0.2, 0.25) is 10.0 Å². The van der Waals surface area contributed by atoms with Crippen molar-refractivity contribution in [1.29, 1.82) is 0 Å². The van der Waals surface area contributed by atoms with Crippen LogP contribution >= 0.6 is 23.2 Å². The lowest BCUT2D eigenvalue weighted by atomic mass is 10.1. The van der Waals surface area contributed by atoms with E-state index in [1.165, 1.54) is 6.08 Å². The molecular formula is C14H15Cl2NO2. The monoisotopic (exact) mass is 299 g/mol. The Balaban J connectivity index is 2.04. The molecule has 0 unspecified atom stereocenters. The molecule has 0 saturated carbocycles. The summed E-state index contributed by atoms with van der Waals surface area (Å²) in [6.07, 6.45) is 4.09. The average molecular weight is 300 g/mol. The Hall–Kier alpha value is -1.03. The predicted molar refractivity (Wildman–Crippen MR) is 77.3 cm³/mol. The minimum Gasteiger partial charge on any atom is -0.393 e. The number of hydrogen-bond acceptors (Lipinski definition) is 2. The predicted octanol–water partition coefficient (Wildman–Crippen LogP) is 2.99. The van der Waals surface area contributed by atoms with Crippen molar-refractivity contribution in [3.63, 3.8) is 0 Å². The summed E-state index contributed by atoms with van der Waals surface area (Å²) >= 11 is 12.0. The molecular weight excluding hydrogens is 285 g/mol. The average Bonchev–Trinajstić information content (AvgIpc) is 2.38. The number of aliphatic hydroxyl groups is 1. The molecule has 1 aliphatic heterocycles. The molecule has 0 aromatic heterocycles. The third-order valence-electron chi connectivity index (χ3n) is 3.17. The van der Waals surface area contributed by atoms with Gasteiger partial charge in [-0.15, -0.1) is 0 Å². The van der Waals surface area contributed by atoms with Crippen LogP contribution in [-0.4, -0.2) is 35.1 Å². The maximum atomic E-state index is 12.0. The number of amides is 1. The lowest BCUT2D eigenvalue weighted by molar-refractivity contribution is -0.127. The van der Waals surface area contributed by atoms with Crippen molar-refractivity contribution in [3.8, 4) is 0 Å². The molecule has 1 heterocycles. The van der Waals surface area contributed by atoms with Gasteiger partial charge < -0.3 is 10.0 Å². The first-order valence-corrected chi connectivity index (χ1v) is 6.92. The lowest BCUT2D eigenvalue weighted by Gasteiger charge is -2.28. The van der Waals surface area contributed by atoms with Crippen LogP contribution < -0.4 is 0 Å². The van der Waals surface area contributed by atoms with Crippen LogP contribution in [-0.2, 0) is 4.79 Å². The summed E-state index contributed by atoms with van der Waals surface area (Å²) in [4.78, 5) is 13.7. The second kappa shape index (κ2) is 6.42. The fourth-order valence-electron chi connectivity index (χ4n) is 2.02. The summed E-state index contributed by atoms with van der Waals surface area (Å²) in [7, 11) is 0. The third-order valence-corrected chi connectivity index (χ3v) is 3.83.